The minimum atomic E-state index is -0.444. The average molecular weight is 399 g/mol. The fraction of sp³-hybridized carbons (Fsp3) is 0.0526. The van der Waals surface area contributed by atoms with Gasteiger partial charge < -0.3 is 15.1 Å². The Hall–Kier alpha value is -2.86. The van der Waals surface area contributed by atoms with Crippen molar-refractivity contribution < 1.29 is 14.0 Å². The van der Waals surface area contributed by atoms with Gasteiger partial charge in [0.05, 0.1) is 6.54 Å². The van der Waals surface area contributed by atoms with E-state index in [0.717, 1.165) is 11.1 Å². The van der Waals surface area contributed by atoms with Crippen LogP contribution in [0.15, 0.2) is 75.8 Å². The van der Waals surface area contributed by atoms with Crippen molar-refractivity contribution in [2.45, 2.75) is 0 Å². The van der Waals surface area contributed by atoms with E-state index in [1.54, 1.807) is 6.07 Å². The summed E-state index contributed by atoms with van der Waals surface area (Å²) < 4.78 is 5.58. The monoisotopic (exact) mass is 398 g/mol. The van der Waals surface area contributed by atoms with Crippen LogP contribution >= 0.6 is 15.9 Å². The van der Waals surface area contributed by atoms with Crippen LogP contribution in [-0.4, -0.2) is 18.4 Å². The van der Waals surface area contributed by atoms with E-state index in [1.807, 2.05) is 54.6 Å². The molecule has 3 aromatic rings. The lowest BCUT2D eigenvalue weighted by atomic mass is 10.1. The first-order chi connectivity index (χ1) is 12.1. The highest BCUT2D eigenvalue weighted by Crippen LogP contribution is 2.20. The second-order valence-electron chi connectivity index (χ2n) is 5.28. The van der Waals surface area contributed by atoms with Crippen molar-refractivity contribution in [3.05, 3.63) is 77.2 Å². The normalized spacial score (nSPS) is 10.3. The second-order valence-corrected chi connectivity index (χ2v) is 6.06. The van der Waals surface area contributed by atoms with E-state index in [9.17, 15) is 9.59 Å². The Morgan fingerprint density at radius 3 is 2.20 bits per heavy atom. The fourth-order valence-electron chi connectivity index (χ4n) is 2.27. The zero-order chi connectivity index (χ0) is 17.6. The van der Waals surface area contributed by atoms with E-state index in [0.29, 0.717) is 10.4 Å². The summed E-state index contributed by atoms with van der Waals surface area (Å²) in [5, 5.41) is 5.24. The minimum absolute atomic E-state index is 0.141. The molecule has 0 atom stereocenters. The first-order valence-corrected chi connectivity index (χ1v) is 8.40. The van der Waals surface area contributed by atoms with E-state index in [2.05, 4.69) is 26.6 Å². The van der Waals surface area contributed by atoms with E-state index in [-0.39, 0.29) is 18.2 Å². The zero-order valence-corrected chi connectivity index (χ0v) is 14.7. The summed E-state index contributed by atoms with van der Waals surface area (Å²) in [5.74, 6) is -0.612. The van der Waals surface area contributed by atoms with Crippen molar-refractivity contribution in [3.8, 4) is 11.1 Å². The van der Waals surface area contributed by atoms with Gasteiger partial charge in [0.25, 0.3) is 5.91 Å². The van der Waals surface area contributed by atoms with Crippen LogP contribution in [0.5, 0.6) is 0 Å². The number of furan rings is 1. The third-order valence-corrected chi connectivity index (χ3v) is 3.91. The first-order valence-electron chi connectivity index (χ1n) is 7.61. The number of hydrogen-bond donors (Lipinski definition) is 2. The molecule has 0 bridgehead atoms. The van der Waals surface area contributed by atoms with Crippen molar-refractivity contribution in [2.24, 2.45) is 0 Å². The van der Waals surface area contributed by atoms with Crippen LogP contribution in [0.3, 0.4) is 0 Å². The third kappa shape index (κ3) is 4.58. The SMILES string of the molecule is O=C(CNC(=O)c1ccc(Br)o1)Nc1ccc(-c2ccccc2)cc1. The quantitative estimate of drug-likeness (QED) is 0.679. The molecule has 3 rings (SSSR count). The lowest BCUT2D eigenvalue weighted by Gasteiger charge is -2.07. The van der Waals surface area contributed by atoms with Crippen LogP contribution in [-0.2, 0) is 4.79 Å². The molecule has 126 valence electrons. The van der Waals surface area contributed by atoms with Crippen LogP contribution in [0.4, 0.5) is 5.69 Å². The molecule has 2 aromatic carbocycles. The summed E-state index contributed by atoms with van der Waals surface area (Å²) in [4.78, 5) is 23.8. The van der Waals surface area contributed by atoms with Gasteiger partial charge >= 0.3 is 0 Å². The lowest BCUT2D eigenvalue weighted by Crippen LogP contribution is -2.32. The molecule has 0 saturated carbocycles. The number of benzene rings is 2. The summed E-state index contributed by atoms with van der Waals surface area (Å²) in [6.45, 7) is -0.141. The summed E-state index contributed by atoms with van der Waals surface area (Å²) in [7, 11) is 0. The van der Waals surface area contributed by atoms with Gasteiger partial charge in [-0.25, -0.2) is 0 Å². The molecular formula is C19H15BrN2O3. The minimum Gasteiger partial charge on any atom is -0.444 e. The van der Waals surface area contributed by atoms with Crippen LogP contribution in [0.1, 0.15) is 10.6 Å². The largest absolute Gasteiger partial charge is 0.444 e. The van der Waals surface area contributed by atoms with Gasteiger partial charge in [0, 0.05) is 5.69 Å². The van der Waals surface area contributed by atoms with E-state index in [4.69, 9.17) is 4.42 Å². The predicted octanol–water partition coefficient (Wildman–Crippen LogP) is 4.08. The Kier molecular flexibility index (Phi) is 5.30. The predicted molar refractivity (Wildman–Crippen MR) is 99.2 cm³/mol. The molecule has 0 radical (unpaired) electrons. The van der Waals surface area contributed by atoms with E-state index < -0.39 is 5.91 Å². The molecular weight excluding hydrogens is 384 g/mol. The van der Waals surface area contributed by atoms with Crippen LogP contribution < -0.4 is 10.6 Å². The molecule has 0 saturated heterocycles. The number of halogens is 1. The number of carbonyl (C=O) groups is 2. The van der Waals surface area contributed by atoms with Gasteiger partial charge in [-0.2, -0.15) is 0 Å². The summed E-state index contributed by atoms with van der Waals surface area (Å²) >= 11 is 3.12. The van der Waals surface area contributed by atoms with Gasteiger partial charge in [0.1, 0.15) is 0 Å². The van der Waals surface area contributed by atoms with Gasteiger partial charge in [-0.05, 0) is 51.3 Å². The topological polar surface area (TPSA) is 71.3 Å². The maximum atomic E-state index is 11.9. The third-order valence-electron chi connectivity index (χ3n) is 3.48. The molecule has 0 aliphatic carbocycles. The molecule has 5 nitrogen and oxygen atoms in total. The highest BCUT2D eigenvalue weighted by atomic mass is 79.9. The molecule has 0 fully saturated rings. The Balaban J connectivity index is 1.53. The maximum Gasteiger partial charge on any atom is 0.287 e. The number of hydrogen-bond acceptors (Lipinski definition) is 3. The smallest absolute Gasteiger partial charge is 0.287 e. The standard InChI is InChI=1S/C19H15BrN2O3/c20-17-11-10-16(25-17)19(24)21-12-18(23)22-15-8-6-14(7-9-15)13-4-2-1-3-5-13/h1-11H,12H2,(H,21,24)(H,22,23). The van der Waals surface area contributed by atoms with Gasteiger partial charge in [-0.1, -0.05) is 42.5 Å². The van der Waals surface area contributed by atoms with Gasteiger partial charge in [-0.15, -0.1) is 0 Å². The van der Waals surface area contributed by atoms with Gasteiger partial charge in [0.15, 0.2) is 10.4 Å². The second kappa shape index (κ2) is 7.81. The summed E-state index contributed by atoms with van der Waals surface area (Å²) in [6, 6.07) is 20.6. The number of rotatable bonds is 5. The Morgan fingerprint density at radius 1 is 0.880 bits per heavy atom. The Labute approximate surface area is 153 Å². The van der Waals surface area contributed by atoms with Crippen molar-refractivity contribution in [1.82, 2.24) is 5.32 Å². The maximum absolute atomic E-state index is 11.9. The van der Waals surface area contributed by atoms with E-state index >= 15 is 0 Å². The van der Waals surface area contributed by atoms with Crippen molar-refractivity contribution in [1.29, 1.82) is 0 Å². The van der Waals surface area contributed by atoms with Crippen molar-refractivity contribution in [2.75, 3.05) is 11.9 Å². The molecule has 0 unspecified atom stereocenters. The van der Waals surface area contributed by atoms with Crippen LogP contribution in [0.2, 0.25) is 0 Å². The van der Waals surface area contributed by atoms with Crippen LogP contribution in [0.25, 0.3) is 11.1 Å². The highest BCUT2D eigenvalue weighted by Gasteiger charge is 2.11. The number of anilines is 1. The average Bonchev–Trinajstić information content (AvgIpc) is 3.08. The van der Waals surface area contributed by atoms with Crippen molar-refractivity contribution in [3.63, 3.8) is 0 Å². The lowest BCUT2D eigenvalue weighted by molar-refractivity contribution is -0.115. The summed E-state index contributed by atoms with van der Waals surface area (Å²) in [5.41, 5.74) is 2.84. The summed E-state index contributed by atoms with van der Waals surface area (Å²) in [6.07, 6.45) is 0. The Bertz CT molecular complexity index is 873. The number of nitrogens with one attached hydrogen (secondary N) is 2. The van der Waals surface area contributed by atoms with E-state index in [1.165, 1.54) is 6.07 Å². The molecule has 2 amide bonds. The molecule has 0 aliphatic heterocycles. The molecule has 6 heteroatoms. The molecule has 1 aromatic heterocycles. The number of carbonyl (C=O) groups excluding carboxylic acids is 2. The fourth-order valence-corrected chi connectivity index (χ4v) is 2.57. The number of amides is 2. The van der Waals surface area contributed by atoms with Gasteiger partial charge in [-0.3, -0.25) is 9.59 Å². The molecule has 0 aliphatic rings. The molecule has 2 N–H and O–H groups in total. The molecule has 25 heavy (non-hydrogen) atoms. The zero-order valence-electron chi connectivity index (χ0n) is 13.2. The molecule has 0 spiro atoms. The highest BCUT2D eigenvalue weighted by molar-refractivity contribution is 9.10. The van der Waals surface area contributed by atoms with Gasteiger partial charge in [0.2, 0.25) is 5.91 Å². The first kappa shape index (κ1) is 17.0. The molecule has 1 heterocycles. The van der Waals surface area contributed by atoms with Crippen molar-refractivity contribution >= 4 is 33.4 Å². The van der Waals surface area contributed by atoms with Crippen LogP contribution in [0, 0.1) is 0 Å². The Morgan fingerprint density at radius 2 is 1.56 bits per heavy atom.